The number of hydrogen-bond donors (Lipinski definition) is 1. The van der Waals surface area contributed by atoms with Gasteiger partial charge in [0, 0.05) is 24.3 Å². The van der Waals surface area contributed by atoms with Crippen molar-refractivity contribution in [1.29, 1.82) is 0 Å². The van der Waals surface area contributed by atoms with Crippen molar-refractivity contribution >= 4 is 17.4 Å². The molecule has 0 unspecified atom stereocenters. The number of amides is 1. The summed E-state index contributed by atoms with van der Waals surface area (Å²) in [5, 5.41) is 11.6. The van der Waals surface area contributed by atoms with Crippen molar-refractivity contribution in [3.8, 4) is 17.0 Å². The fourth-order valence-electron chi connectivity index (χ4n) is 3.21. The molecule has 0 bridgehead atoms. The second-order valence-electron chi connectivity index (χ2n) is 6.70. The molecule has 1 saturated heterocycles. The van der Waals surface area contributed by atoms with Gasteiger partial charge in [0.05, 0.1) is 5.69 Å². The fourth-order valence-corrected chi connectivity index (χ4v) is 3.21. The zero-order chi connectivity index (χ0) is 19.2. The molecule has 1 N–H and O–H groups in total. The lowest BCUT2D eigenvalue weighted by molar-refractivity contribution is -0.118. The lowest BCUT2D eigenvalue weighted by atomic mass is 10.1. The van der Waals surface area contributed by atoms with Crippen molar-refractivity contribution in [1.82, 2.24) is 10.2 Å². The predicted octanol–water partition coefficient (Wildman–Crippen LogP) is 3.76. The molecule has 2 heterocycles. The number of ether oxygens (including phenoxy) is 1. The van der Waals surface area contributed by atoms with E-state index in [4.69, 9.17) is 4.74 Å². The summed E-state index contributed by atoms with van der Waals surface area (Å²) in [7, 11) is 0. The van der Waals surface area contributed by atoms with Crippen molar-refractivity contribution in [3.63, 3.8) is 0 Å². The summed E-state index contributed by atoms with van der Waals surface area (Å²) >= 11 is 0. The quantitative estimate of drug-likeness (QED) is 0.712. The van der Waals surface area contributed by atoms with E-state index >= 15 is 0 Å². The van der Waals surface area contributed by atoms with Crippen LogP contribution in [0, 0.1) is 0 Å². The molecular weight excluding hydrogens is 352 g/mol. The van der Waals surface area contributed by atoms with Crippen molar-refractivity contribution in [2.75, 3.05) is 29.9 Å². The van der Waals surface area contributed by atoms with E-state index in [2.05, 4.69) is 20.4 Å². The average Bonchev–Trinajstić information content (AvgIpc) is 3.28. The van der Waals surface area contributed by atoms with Crippen LogP contribution in [0.4, 0.5) is 11.5 Å². The maximum Gasteiger partial charge on any atom is 0.262 e. The molecule has 1 amide bonds. The maximum atomic E-state index is 12.2. The van der Waals surface area contributed by atoms with Crippen LogP contribution in [0.5, 0.6) is 5.75 Å². The molecule has 142 valence electrons. The number of benzene rings is 2. The molecule has 0 spiro atoms. The number of anilines is 2. The van der Waals surface area contributed by atoms with E-state index in [1.807, 2.05) is 66.7 Å². The highest BCUT2D eigenvalue weighted by atomic mass is 16.5. The number of carbonyl (C=O) groups is 1. The molecule has 0 aliphatic carbocycles. The van der Waals surface area contributed by atoms with Crippen LogP contribution in [0.1, 0.15) is 12.8 Å². The van der Waals surface area contributed by atoms with Gasteiger partial charge in [0.1, 0.15) is 5.75 Å². The van der Waals surface area contributed by atoms with Crippen molar-refractivity contribution in [2.24, 2.45) is 0 Å². The highest BCUT2D eigenvalue weighted by Crippen LogP contribution is 2.23. The molecule has 0 radical (unpaired) electrons. The molecule has 1 fully saturated rings. The topological polar surface area (TPSA) is 67.3 Å². The number of nitrogens with zero attached hydrogens (tertiary/aromatic N) is 3. The van der Waals surface area contributed by atoms with E-state index in [0.29, 0.717) is 11.4 Å². The zero-order valence-electron chi connectivity index (χ0n) is 15.5. The van der Waals surface area contributed by atoms with E-state index in [1.54, 1.807) is 0 Å². The lowest BCUT2D eigenvalue weighted by Gasteiger charge is -2.15. The van der Waals surface area contributed by atoms with Crippen LogP contribution in [0.15, 0.2) is 66.7 Å². The molecule has 1 aliphatic heterocycles. The van der Waals surface area contributed by atoms with Gasteiger partial charge in [0.15, 0.2) is 12.4 Å². The SMILES string of the molecule is O=C(COc1ccccc1)Nc1cccc(-c2ccc(N3CCCC3)nn2)c1. The first-order valence-corrected chi connectivity index (χ1v) is 9.45. The van der Waals surface area contributed by atoms with Crippen molar-refractivity contribution < 1.29 is 9.53 Å². The third-order valence-electron chi connectivity index (χ3n) is 4.64. The number of carbonyl (C=O) groups excluding carboxylic acids is 1. The van der Waals surface area contributed by atoms with Gasteiger partial charge >= 0.3 is 0 Å². The van der Waals surface area contributed by atoms with Gasteiger partial charge in [-0.05, 0) is 49.2 Å². The minimum atomic E-state index is -0.212. The Morgan fingerprint density at radius 2 is 1.79 bits per heavy atom. The van der Waals surface area contributed by atoms with Gasteiger partial charge in [0.25, 0.3) is 5.91 Å². The van der Waals surface area contributed by atoms with Gasteiger partial charge in [-0.3, -0.25) is 4.79 Å². The number of nitrogens with one attached hydrogen (secondary N) is 1. The second-order valence-corrected chi connectivity index (χ2v) is 6.70. The van der Waals surface area contributed by atoms with Gasteiger partial charge in [-0.2, -0.15) is 0 Å². The van der Waals surface area contributed by atoms with E-state index in [-0.39, 0.29) is 12.5 Å². The summed E-state index contributed by atoms with van der Waals surface area (Å²) in [5.74, 6) is 1.38. The number of hydrogen-bond acceptors (Lipinski definition) is 5. The van der Waals surface area contributed by atoms with Crippen LogP contribution in [0.3, 0.4) is 0 Å². The summed E-state index contributed by atoms with van der Waals surface area (Å²) < 4.78 is 5.48. The summed E-state index contributed by atoms with van der Waals surface area (Å²) in [5.41, 5.74) is 2.38. The second kappa shape index (κ2) is 8.52. The van der Waals surface area contributed by atoms with Crippen LogP contribution in [0.2, 0.25) is 0 Å². The first-order valence-electron chi connectivity index (χ1n) is 9.45. The van der Waals surface area contributed by atoms with Gasteiger partial charge in [-0.1, -0.05) is 30.3 Å². The number of aromatic nitrogens is 2. The summed E-state index contributed by atoms with van der Waals surface area (Å²) in [6.45, 7) is 2.04. The molecule has 28 heavy (non-hydrogen) atoms. The number of para-hydroxylation sites is 1. The largest absolute Gasteiger partial charge is 0.484 e. The molecule has 6 heteroatoms. The van der Waals surface area contributed by atoms with Crippen molar-refractivity contribution in [3.05, 3.63) is 66.7 Å². The molecule has 0 atom stereocenters. The highest BCUT2D eigenvalue weighted by molar-refractivity contribution is 5.92. The Balaban J connectivity index is 1.39. The van der Waals surface area contributed by atoms with E-state index in [9.17, 15) is 4.79 Å². The van der Waals surface area contributed by atoms with E-state index in [0.717, 1.165) is 30.2 Å². The smallest absolute Gasteiger partial charge is 0.262 e. The lowest BCUT2D eigenvalue weighted by Crippen LogP contribution is -2.20. The Morgan fingerprint density at radius 3 is 2.54 bits per heavy atom. The fraction of sp³-hybridized carbons (Fsp3) is 0.227. The van der Waals surface area contributed by atoms with Crippen molar-refractivity contribution in [2.45, 2.75) is 12.8 Å². The Hall–Kier alpha value is -3.41. The third-order valence-corrected chi connectivity index (χ3v) is 4.64. The van der Waals surface area contributed by atoms with Crippen LogP contribution in [-0.2, 0) is 4.79 Å². The molecule has 2 aromatic carbocycles. The first-order chi connectivity index (χ1) is 13.8. The summed E-state index contributed by atoms with van der Waals surface area (Å²) in [6, 6.07) is 20.8. The molecule has 4 rings (SSSR count). The normalized spacial score (nSPS) is 13.4. The van der Waals surface area contributed by atoms with E-state index < -0.39 is 0 Å². The van der Waals surface area contributed by atoms with Gasteiger partial charge in [-0.25, -0.2) is 0 Å². The van der Waals surface area contributed by atoms with Crippen LogP contribution in [-0.4, -0.2) is 35.8 Å². The average molecular weight is 374 g/mol. The Morgan fingerprint density at radius 1 is 0.964 bits per heavy atom. The minimum absolute atomic E-state index is 0.0431. The Labute approximate surface area is 164 Å². The molecule has 3 aromatic rings. The molecular formula is C22H22N4O2. The van der Waals surface area contributed by atoms with Crippen LogP contribution < -0.4 is 15.0 Å². The predicted molar refractivity (Wildman–Crippen MR) is 109 cm³/mol. The Bertz CT molecular complexity index is 923. The van der Waals surface area contributed by atoms with Gasteiger partial charge < -0.3 is 15.0 Å². The van der Waals surface area contributed by atoms with Gasteiger partial charge in [-0.15, -0.1) is 10.2 Å². The molecule has 0 saturated carbocycles. The molecule has 1 aromatic heterocycles. The highest BCUT2D eigenvalue weighted by Gasteiger charge is 2.14. The summed E-state index contributed by atoms with van der Waals surface area (Å²) in [4.78, 5) is 14.4. The first kappa shape index (κ1) is 18.0. The number of rotatable bonds is 6. The molecule has 1 aliphatic rings. The van der Waals surface area contributed by atoms with Crippen LogP contribution >= 0.6 is 0 Å². The zero-order valence-corrected chi connectivity index (χ0v) is 15.5. The minimum Gasteiger partial charge on any atom is -0.484 e. The summed E-state index contributed by atoms with van der Waals surface area (Å²) in [6.07, 6.45) is 2.42. The third kappa shape index (κ3) is 4.46. The van der Waals surface area contributed by atoms with Gasteiger partial charge in [0.2, 0.25) is 0 Å². The van der Waals surface area contributed by atoms with E-state index in [1.165, 1.54) is 12.8 Å². The molecule has 6 nitrogen and oxygen atoms in total. The maximum absolute atomic E-state index is 12.2. The van der Waals surface area contributed by atoms with Crippen LogP contribution in [0.25, 0.3) is 11.3 Å². The standard InChI is InChI=1S/C22H22N4O2/c27-22(16-28-19-9-2-1-3-10-19)23-18-8-6-7-17(15-18)20-11-12-21(25-24-20)26-13-4-5-14-26/h1-3,6-12,15H,4-5,13-14,16H2,(H,23,27). The monoisotopic (exact) mass is 374 g/mol. The Kier molecular flexibility index (Phi) is 5.47.